The van der Waals surface area contributed by atoms with Crippen molar-refractivity contribution >= 4 is 17.4 Å². The Morgan fingerprint density at radius 2 is 1.72 bits per heavy atom. The first-order chi connectivity index (χ1) is 12.1. The minimum Gasteiger partial charge on any atom is -0.372 e. The van der Waals surface area contributed by atoms with Crippen LogP contribution < -0.4 is 10.2 Å². The summed E-state index contributed by atoms with van der Waals surface area (Å²) < 4.78 is 0. The van der Waals surface area contributed by atoms with Crippen molar-refractivity contribution in [1.82, 2.24) is 4.90 Å². The molecule has 0 atom stereocenters. The minimum absolute atomic E-state index is 0.0941. The predicted octanol–water partition coefficient (Wildman–Crippen LogP) is 4.59. The fraction of sp³-hybridized carbons (Fsp3) is 0.381. The highest BCUT2D eigenvalue weighted by Crippen LogP contribution is 2.24. The number of nitrogens with zero attached hydrogens (tertiary/aromatic N) is 2. The van der Waals surface area contributed by atoms with E-state index in [-0.39, 0.29) is 6.03 Å². The van der Waals surface area contributed by atoms with Gasteiger partial charge in [-0.05, 0) is 48.6 Å². The Balaban J connectivity index is 1.54. The molecule has 1 fully saturated rings. The average molecular weight is 337 g/mol. The van der Waals surface area contributed by atoms with E-state index in [0.29, 0.717) is 6.54 Å². The van der Waals surface area contributed by atoms with Gasteiger partial charge in [-0.3, -0.25) is 0 Å². The molecule has 2 amide bonds. The Morgan fingerprint density at radius 1 is 1.08 bits per heavy atom. The minimum atomic E-state index is -0.0941. The molecule has 1 saturated heterocycles. The first-order valence-electron chi connectivity index (χ1n) is 9.03. The van der Waals surface area contributed by atoms with Crippen LogP contribution in [0.5, 0.6) is 0 Å². The first kappa shape index (κ1) is 17.3. The van der Waals surface area contributed by atoms with E-state index in [0.717, 1.165) is 30.3 Å². The van der Waals surface area contributed by atoms with Crippen molar-refractivity contribution < 1.29 is 4.79 Å². The lowest BCUT2D eigenvalue weighted by atomic mass is 9.99. The topological polar surface area (TPSA) is 35.6 Å². The number of nitrogens with one attached hydrogen (secondary N) is 1. The van der Waals surface area contributed by atoms with Gasteiger partial charge in [0.2, 0.25) is 0 Å². The second kappa shape index (κ2) is 8.06. The summed E-state index contributed by atoms with van der Waals surface area (Å²) in [5.74, 6) is 0.829. The Bertz CT molecular complexity index is 676. The summed E-state index contributed by atoms with van der Waals surface area (Å²) in [6, 6.07) is 18.1. The Labute approximate surface area is 150 Å². The highest BCUT2D eigenvalue weighted by Gasteiger charge is 2.16. The maximum atomic E-state index is 12.3. The molecule has 0 radical (unpaired) electrons. The van der Waals surface area contributed by atoms with Gasteiger partial charge in [-0.25, -0.2) is 4.79 Å². The van der Waals surface area contributed by atoms with E-state index in [2.05, 4.69) is 29.3 Å². The van der Waals surface area contributed by atoms with Crippen LogP contribution in [0.15, 0.2) is 54.6 Å². The van der Waals surface area contributed by atoms with E-state index in [9.17, 15) is 4.79 Å². The number of urea groups is 1. The summed E-state index contributed by atoms with van der Waals surface area (Å²) in [6.45, 7) is 5.15. The molecule has 1 heterocycles. The van der Waals surface area contributed by atoms with Crippen LogP contribution in [0.3, 0.4) is 0 Å². The van der Waals surface area contributed by atoms with E-state index in [1.54, 1.807) is 4.90 Å². The summed E-state index contributed by atoms with van der Waals surface area (Å²) >= 11 is 0. The van der Waals surface area contributed by atoms with Gasteiger partial charge in [0.05, 0.1) is 0 Å². The van der Waals surface area contributed by atoms with Crippen LogP contribution in [0, 0.1) is 5.92 Å². The average Bonchev–Trinajstić information content (AvgIpc) is 2.64. The van der Waals surface area contributed by atoms with Gasteiger partial charge in [-0.15, -0.1) is 0 Å². The van der Waals surface area contributed by atoms with Crippen molar-refractivity contribution in [3.63, 3.8) is 0 Å². The first-order valence-corrected chi connectivity index (χ1v) is 9.03. The number of hydrogen-bond donors (Lipinski definition) is 1. The zero-order valence-corrected chi connectivity index (χ0v) is 15.1. The molecule has 1 N–H and O–H groups in total. The molecular formula is C21H27N3O. The zero-order chi connectivity index (χ0) is 17.6. The molecule has 0 unspecified atom stereocenters. The third-order valence-electron chi connectivity index (χ3n) is 4.88. The zero-order valence-electron chi connectivity index (χ0n) is 15.1. The molecular weight excluding hydrogens is 310 g/mol. The van der Waals surface area contributed by atoms with Crippen molar-refractivity contribution in [1.29, 1.82) is 0 Å². The van der Waals surface area contributed by atoms with Crippen molar-refractivity contribution in [2.24, 2.45) is 5.92 Å². The molecule has 2 aromatic carbocycles. The van der Waals surface area contributed by atoms with Gasteiger partial charge in [-0.2, -0.15) is 0 Å². The van der Waals surface area contributed by atoms with Crippen LogP contribution in [-0.2, 0) is 6.54 Å². The van der Waals surface area contributed by atoms with Gasteiger partial charge >= 0.3 is 6.03 Å². The molecule has 25 heavy (non-hydrogen) atoms. The summed E-state index contributed by atoms with van der Waals surface area (Å²) in [5, 5.41) is 2.97. The largest absolute Gasteiger partial charge is 0.372 e. The number of piperidine rings is 1. The van der Waals surface area contributed by atoms with E-state index in [1.165, 1.54) is 18.5 Å². The molecule has 1 aliphatic rings. The summed E-state index contributed by atoms with van der Waals surface area (Å²) in [7, 11) is 1.81. The monoisotopic (exact) mass is 337 g/mol. The van der Waals surface area contributed by atoms with Crippen molar-refractivity contribution in [2.45, 2.75) is 26.3 Å². The lowest BCUT2D eigenvalue weighted by molar-refractivity contribution is 0.220. The molecule has 3 rings (SSSR count). The molecule has 0 bridgehead atoms. The van der Waals surface area contributed by atoms with Crippen molar-refractivity contribution in [3.05, 3.63) is 60.2 Å². The number of hydrogen-bond acceptors (Lipinski definition) is 2. The van der Waals surface area contributed by atoms with Gasteiger partial charge in [0.1, 0.15) is 0 Å². The molecule has 0 aliphatic carbocycles. The molecule has 0 aromatic heterocycles. The van der Waals surface area contributed by atoms with Gasteiger partial charge in [0.25, 0.3) is 0 Å². The van der Waals surface area contributed by atoms with Crippen molar-refractivity contribution in [2.75, 3.05) is 30.4 Å². The summed E-state index contributed by atoms with van der Waals surface area (Å²) in [4.78, 5) is 16.5. The van der Waals surface area contributed by atoms with Gasteiger partial charge in [-0.1, -0.05) is 37.3 Å². The normalized spacial score (nSPS) is 15.0. The van der Waals surface area contributed by atoms with E-state index >= 15 is 0 Å². The quantitative estimate of drug-likeness (QED) is 0.886. The Morgan fingerprint density at radius 3 is 2.36 bits per heavy atom. The van der Waals surface area contributed by atoms with E-state index in [4.69, 9.17) is 0 Å². The fourth-order valence-corrected chi connectivity index (χ4v) is 3.17. The molecule has 132 valence electrons. The summed E-state index contributed by atoms with van der Waals surface area (Å²) in [6.07, 6.45) is 2.51. The molecule has 2 aromatic rings. The van der Waals surface area contributed by atoms with Crippen LogP contribution in [-0.4, -0.2) is 31.1 Å². The number of anilines is 2. The number of benzene rings is 2. The summed E-state index contributed by atoms with van der Waals surface area (Å²) in [5.41, 5.74) is 3.19. The molecule has 4 heteroatoms. The second-order valence-corrected chi connectivity index (χ2v) is 6.99. The van der Waals surface area contributed by atoms with Crippen LogP contribution in [0.2, 0.25) is 0 Å². The maximum absolute atomic E-state index is 12.3. The van der Waals surface area contributed by atoms with Gasteiger partial charge in [0, 0.05) is 38.1 Å². The second-order valence-electron chi connectivity index (χ2n) is 6.99. The van der Waals surface area contributed by atoms with Crippen LogP contribution in [0.1, 0.15) is 25.3 Å². The maximum Gasteiger partial charge on any atom is 0.321 e. The van der Waals surface area contributed by atoms with Crippen molar-refractivity contribution in [3.8, 4) is 0 Å². The third kappa shape index (κ3) is 4.75. The van der Waals surface area contributed by atoms with Gasteiger partial charge < -0.3 is 15.1 Å². The lowest BCUT2D eigenvalue weighted by Crippen LogP contribution is -2.32. The van der Waals surface area contributed by atoms with Crippen LogP contribution in [0.4, 0.5) is 16.2 Å². The predicted molar refractivity (Wildman–Crippen MR) is 104 cm³/mol. The van der Waals surface area contributed by atoms with Crippen LogP contribution >= 0.6 is 0 Å². The smallest absolute Gasteiger partial charge is 0.321 e. The van der Waals surface area contributed by atoms with E-state index in [1.807, 2.05) is 49.5 Å². The fourth-order valence-electron chi connectivity index (χ4n) is 3.17. The number of rotatable bonds is 4. The van der Waals surface area contributed by atoms with Gasteiger partial charge in [0.15, 0.2) is 0 Å². The SMILES string of the molecule is CC1CCN(c2ccc(NC(=O)N(C)Cc3ccccc3)cc2)CC1. The Hall–Kier alpha value is -2.49. The highest BCUT2D eigenvalue weighted by molar-refractivity contribution is 5.89. The molecule has 0 saturated carbocycles. The number of carbonyl (C=O) groups excluding carboxylic acids is 1. The van der Waals surface area contributed by atoms with Crippen LogP contribution in [0.25, 0.3) is 0 Å². The lowest BCUT2D eigenvalue weighted by Gasteiger charge is -2.32. The third-order valence-corrected chi connectivity index (χ3v) is 4.88. The molecule has 4 nitrogen and oxygen atoms in total. The molecule has 1 aliphatic heterocycles. The number of amides is 2. The Kier molecular flexibility index (Phi) is 5.59. The standard InChI is InChI=1S/C21H27N3O/c1-17-12-14-24(15-13-17)20-10-8-19(9-11-20)22-21(25)23(2)16-18-6-4-3-5-7-18/h3-11,17H,12-16H2,1-2H3,(H,22,25). The molecule has 0 spiro atoms. The number of carbonyl (C=O) groups is 1. The highest BCUT2D eigenvalue weighted by atomic mass is 16.2. The van der Waals surface area contributed by atoms with E-state index < -0.39 is 0 Å².